The van der Waals surface area contributed by atoms with E-state index in [9.17, 15) is 10.2 Å². The second kappa shape index (κ2) is 11.7. The molecule has 8 nitrogen and oxygen atoms in total. The van der Waals surface area contributed by atoms with Crippen LogP contribution in [0.5, 0.6) is 0 Å². The highest BCUT2D eigenvalue weighted by Gasteiger charge is 2.42. The highest BCUT2D eigenvalue weighted by Crippen LogP contribution is 2.40. The van der Waals surface area contributed by atoms with Crippen molar-refractivity contribution in [2.75, 3.05) is 48.0 Å². The van der Waals surface area contributed by atoms with Crippen LogP contribution in [0.1, 0.15) is 85.8 Å². The first-order valence-corrected chi connectivity index (χ1v) is 13.8. The highest BCUT2D eigenvalue weighted by molar-refractivity contribution is 5.33. The molecule has 2 aromatic heterocycles. The summed E-state index contributed by atoms with van der Waals surface area (Å²) in [5.41, 5.74) is 3.51. The topological polar surface area (TPSA) is 91.2 Å². The first-order valence-electron chi connectivity index (χ1n) is 13.8. The second-order valence-corrected chi connectivity index (χ2v) is 12.2. The van der Waals surface area contributed by atoms with E-state index in [4.69, 9.17) is 19.4 Å². The lowest BCUT2D eigenvalue weighted by Gasteiger charge is -2.27. The zero-order valence-corrected chi connectivity index (χ0v) is 24.2. The van der Waals surface area contributed by atoms with Gasteiger partial charge in [0.05, 0.1) is 30.7 Å². The largest absolute Gasteiger partial charge is 0.383 e. The minimum absolute atomic E-state index is 0.0850. The van der Waals surface area contributed by atoms with Crippen molar-refractivity contribution in [3.05, 3.63) is 58.2 Å². The lowest BCUT2D eigenvalue weighted by atomic mass is 9.86. The molecule has 0 saturated carbocycles. The number of ether oxygens (including phenoxy) is 2. The van der Waals surface area contributed by atoms with Gasteiger partial charge >= 0.3 is 0 Å². The van der Waals surface area contributed by atoms with Crippen LogP contribution in [-0.2, 0) is 33.8 Å². The van der Waals surface area contributed by atoms with Crippen molar-refractivity contribution in [3.63, 3.8) is 0 Å². The summed E-state index contributed by atoms with van der Waals surface area (Å²) in [6.45, 7) is 8.88. The Bertz CT molecular complexity index is 1100. The van der Waals surface area contributed by atoms with Crippen LogP contribution in [0.3, 0.4) is 0 Å². The van der Waals surface area contributed by atoms with Gasteiger partial charge in [-0.15, -0.1) is 0 Å². The molecule has 4 rings (SSSR count). The number of nitrogens with zero attached hydrogens (tertiary/aromatic N) is 4. The normalized spacial score (nSPS) is 26.7. The van der Waals surface area contributed by atoms with E-state index in [1.807, 2.05) is 52.5 Å². The predicted molar refractivity (Wildman–Crippen MR) is 148 cm³/mol. The molecule has 2 N–H and O–H groups in total. The van der Waals surface area contributed by atoms with E-state index in [1.165, 1.54) is 0 Å². The summed E-state index contributed by atoms with van der Waals surface area (Å²) in [5, 5.41) is 22.9. The number of rotatable bonds is 10. The SMILES string of the molecule is CC(C)c1ccc([C@]2(O)COC(CC(C)c3ccc([C@]4(O)CCOC4)c(CN(C)C)n3)C2)c(CN(C)C)n1. The summed E-state index contributed by atoms with van der Waals surface area (Å²) in [4.78, 5) is 14.1. The molecule has 0 aromatic carbocycles. The molecule has 0 aliphatic carbocycles. The van der Waals surface area contributed by atoms with Crippen LogP contribution >= 0.6 is 0 Å². The quantitative estimate of drug-likeness (QED) is 0.486. The van der Waals surface area contributed by atoms with Gasteiger partial charge in [-0.25, -0.2) is 0 Å². The maximum absolute atomic E-state index is 11.7. The Hall–Kier alpha value is -1.94. The Morgan fingerprint density at radius 1 is 0.868 bits per heavy atom. The Kier molecular flexibility index (Phi) is 8.91. The number of hydrogen-bond donors (Lipinski definition) is 2. The van der Waals surface area contributed by atoms with Gasteiger partial charge in [0, 0.05) is 61.0 Å². The van der Waals surface area contributed by atoms with Gasteiger partial charge < -0.3 is 29.5 Å². The standard InChI is InChI=1S/C30H46N4O4/c1-20(2)25-10-8-24(28(31-25)17-34(6)7)30(36)15-22(38-19-30)14-21(3)26-11-9-23(27(32-26)16-33(4)5)29(35)12-13-37-18-29/h8-11,20-22,35-36H,12-19H2,1-7H3/t21?,22?,29-,30+/m0/s1. The Morgan fingerprint density at radius 2 is 1.45 bits per heavy atom. The molecule has 2 fully saturated rings. The Morgan fingerprint density at radius 3 is 2.00 bits per heavy atom. The van der Waals surface area contributed by atoms with Crippen LogP contribution in [0.15, 0.2) is 24.3 Å². The summed E-state index contributed by atoms with van der Waals surface area (Å²) in [5.74, 6) is 0.459. The molecular formula is C30H46N4O4. The van der Waals surface area contributed by atoms with Crippen LogP contribution < -0.4 is 0 Å². The molecule has 2 saturated heterocycles. The summed E-state index contributed by atoms with van der Waals surface area (Å²) in [6.07, 6.45) is 1.78. The van der Waals surface area contributed by atoms with E-state index >= 15 is 0 Å². The monoisotopic (exact) mass is 526 g/mol. The molecule has 4 heterocycles. The molecule has 2 aliphatic rings. The highest BCUT2D eigenvalue weighted by atomic mass is 16.5. The minimum atomic E-state index is -1.06. The molecule has 0 spiro atoms. The molecule has 2 unspecified atom stereocenters. The number of aromatic nitrogens is 2. The van der Waals surface area contributed by atoms with Crippen LogP contribution in [0, 0.1) is 0 Å². The molecule has 38 heavy (non-hydrogen) atoms. The maximum atomic E-state index is 11.7. The summed E-state index contributed by atoms with van der Waals surface area (Å²) in [6, 6.07) is 8.13. The molecular weight excluding hydrogens is 480 g/mol. The molecule has 0 amide bonds. The van der Waals surface area contributed by atoms with Gasteiger partial charge in [-0.05, 0) is 52.7 Å². The maximum Gasteiger partial charge on any atom is 0.117 e. The third kappa shape index (κ3) is 6.43. The molecule has 4 atom stereocenters. The van der Waals surface area contributed by atoms with Crippen LogP contribution in [0.25, 0.3) is 0 Å². The van der Waals surface area contributed by atoms with E-state index in [0.717, 1.165) is 40.3 Å². The van der Waals surface area contributed by atoms with E-state index in [2.05, 4.69) is 30.6 Å². The summed E-state index contributed by atoms with van der Waals surface area (Å²) >= 11 is 0. The first-order chi connectivity index (χ1) is 17.9. The Balaban J connectivity index is 1.51. The number of hydrogen-bond acceptors (Lipinski definition) is 8. The predicted octanol–water partition coefficient (Wildman–Crippen LogP) is 3.50. The lowest BCUT2D eigenvalue weighted by Crippen LogP contribution is -2.30. The molecule has 0 radical (unpaired) electrons. The Labute approximate surface area is 228 Å². The summed E-state index contributed by atoms with van der Waals surface area (Å²) < 4.78 is 11.7. The summed E-state index contributed by atoms with van der Waals surface area (Å²) in [7, 11) is 8.07. The second-order valence-electron chi connectivity index (χ2n) is 12.2. The zero-order valence-electron chi connectivity index (χ0n) is 24.2. The fraction of sp³-hybridized carbons (Fsp3) is 0.667. The zero-order chi connectivity index (χ0) is 27.7. The minimum Gasteiger partial charge on any atom is -0.383 e. The first kappa shape index (κ1) is 29.1. The molecule has 0 bridgehead atoms. The van der Waals surface area contributed by atoms with Gasteiger partial charge in [0.2, 0.25) is 0 Å². The van der Waals surface area contributed by atoms with E-state index in [-0.39, 0.29) is 18.6 Å². The van der Waals surface area contributed by atoms with Crippen LogP contribution in [-0.4, -0.2) is 84.1 Å². The van der Waals surface area contributed by atoms with Crippen molar-refractivity contribution >= 4 is 0 Å². The fourth-order valence-corrected chi connectivity index (χ4v) is 5.69. The molecule has 2 aromatic rings. The molecule has 2 aliphatic heterocycles. The van der Waals surface area contributed by atoms with E-state index in [1.54, 1.807) is 0 Å². The van der Waals surface area contributed by atoms with Crippen molar-refractivity contribution in [3.8, 4) is 0 Å². The lowest BCUT2D eigenvalue weighted by molar-refractivity contribution is 0.0159. The van der Waals surface area contributed by atoms with Gasteiger partial charge in [0.25, 0.3) is 0 Å². The van der Waals surface area contributed by atoms with Gasteiger partial charge in [0.15, 0.2) is 0 Å². The average Bonchev–Trinajstić information content (AvgIpc) is 3.44. The smallest absolute Gasteiger partial charge is 0.117 e. The van der Waals surface area contributed by atoms with Crippen molar-refractivity contribution in [2.45, 2.75) is 82.3 Å². The molecule has 8 heteroatoms. The van der Waals surface area contributed by atoms with Gasteiger partial charge in [-0.2, -0.15) is 0 Å². The van der Waals surface area contributed by atoms with Crippen molar-refractivity contribution in [1.29, 1.82) is 0 Å². The third-order valence-corrected chi connectivity index (χ3v) is 7.76. The van der Waals surface area contributed by atoms with Gasteiger partial charge in [-0.1, -0.05) is 32.9 Å². The van der Waals surface area contributed by atoms with E-state index in [0.29, 0.717) is 45.1 Å². The van der Waals surface area contributed by atoms with Crippen molar-refractivity contribution in [1.82, 2.24) is 19.8 Å². The van der Waals surface area contributed by atoms with E-state index < -0.39 is 11.2 Å². The number of aliphatic hydroxyl groups is 2. The van der Waals surface area contributed by atoms with Crippen molar-refractivity contribution in [2.24, 2.45) is 0 Å². The van der Waals surface area contributed by atoms with Gasteiger partial charge in [0.1, 0.15) is 11.2 Å². The van der Waals surface area contributed by atoms with Crippen LogP contribution in [0.2, 0.25) is 0 Å². The van der Waals surface area contributed by atoms with Gasteiger partial charge in [-0.3, -0.25) is 9.97 Å². The molecule has 210 valence electrons. The van der Waals surface area contributed by atoms with Crippen LogP contribution in [0.4, 0.5) is 0 Å². The fourth-order valence-electron chi connectivity index (χ4n) is 5.69. The number of pyridine rings is 2. The van der Waals surface area contributed by atoms with Crippen molar-refractivity contribution < 1.29 is 19.7 Å². The third-order valence-electron chi connectivity index (χ3n) is 7.76. The average molecular weight is 527 g/mol.